The molecule has 0 aromatic carbocycles. The first-order valence-corrected chi connectivity index (χ1v) is 7.19. The van der Waals surface area contributed by atoms with Gasteiger partial charge in [0.2, 0.25) is 5.91 Å². The summed E-state index contributed by atoms with van der Waals surface area (Å²) in [7, 11) is 4.02. The standard InChI is InChI=1S/C15H19ClN4O/c1-19(2)10-5-9-17-14(21)8-7-12-15(16)18-13-6-3-4-11-20(12)13/h3-4,6-8,11H,5,9-10H2,1-2H3,(H,17,21)/b8-7+. The Bertz CT molecular complexity index is 648. The summed E-state index contributed by atoms with van der Waals surface area (Å²) in [6.45, 7) is 1.60. The van der Waals surface area contributed by atoms with Crippen molar-refractivity contribution in [3.05, 3.63) is 41.3 Å². The average molecular weight is 307 g/mol. The fraction of sp³-hybridized carbons (Fsp3) is 0.333. The highest BCUT2D eigenvalue weighted by atomic mass is 35.5. The van der Waals surface area contributed by atoms with Gasteiger partial charge in [0, 0.05) is 18.8 Å². The molecule has 2 aromatic rings. The van der Waals surface area contributed by atoms with Crippen LogP contribution in [0.1, 0.15) is 12.1 Å². The van der Waals surface area contributed by atoms with Gasteiger partial charge in [-0.3, -0.25) is 9.20 Å². The molecule has 0 unspecified atom stereocenters. The van der Waals surface area contributed by atoms with E-state index in [1.54, 1.807) is 6.08 Å². The minimum atomic E-state index is -0.129. The third-order valence-electron chi connectivity index (χ3n) is 3.00. The summed E-state index contributed by atoms with van der Waals surface area (Å²) in [6, 6.07) is 5.65. The lowest BCUT2D eigenvalue weighted by molar-refractivity contribution is -0.116. The molecule has 0 spiro atoms. The van der Waals surface area contributed by atoms with Crippen LogP contribution in [0.15, 0.2) is 30.5 Å². The number of rotatable bonds is 6. The average Bonchev–Trinajstić information content (AvgIpc) is 2.76. The molecule has 112 valence electrons. The second-order valence-corrected chi connectivity index (χ2v) is 5.36. The van der Waals surface area contributed by atoms with Crippen molar-refractivity contribution in [3.63, 3.8) is 0 Å². The molecule has 1 N–H and O–H groups in total. The molecule has 5 nitrogen and oxygen atoms in total. The van der Waals surface area contributed by atoms with Crippen LogP contribution in [0.2, 0.25) is 5.15 Å². The van der Waals surface area contributed by atoms with Gasteiger partial charge in [0.15, 0.2) is 5.15 Å². The van der Waals surface area contributed by atoms with E-state index in [9.17, 15) is 4.79 Å². The van der Waals surface area contributed by atoms with Crippen LogP contribution in [-0.2, 0) is 4.79 Å². The van der Waals surface area contributed by atoms with E-state index in [0.29, 0.717) is 17.4 Å². The van der Waals surface area contributed by atoms with Gasteiger partial charge in [-0.05, 0) is 45.3 Å². The molecule has 0 aliphatic carbocycles. The van der Waals surface area contributed by atoms with E-state index in [1.165, 1.54) is 6.08 Å². The third kappa shape index (κ3) is 4.31. The molecule has 2 aromatic heterocycles. The van der Waals surface area contributed by atoms with Gasteiger partial charge in [0.25, 0.3) is 0 Å². The number of imidazole rings is 1. The van der Waals surface area contributed by atoms with E-state index in [0.717, 1.165) is 18.6 Å². The summed E-state index contributed by atoms with van der Waals surface area (Å²) >= 11 is 6.09. The molecule has 0 aliphatic heterocycles. The lowest BCUT2D eigenvalue weighted by atomic mass is 10.3. The molecule has 21 heavy (non-hydrogen) atoms. The summed E-state index contributed by atoms with van der Waals surface area (Å²) in [4.78, 5) is 18.1. The topological polar surface area (TPSA) is 49.6 Å². The molecule has 0 saturated carbocycles. The fourth-order valence-corrected chi connectivity index (χ4v) is 2.20. The van der Waals surface area contributed by atoms with Gasteiger partial charge in [-0.1, -0.05) is 17.7 Å². The highest BCUT2D eigenvalue weighted by molar-refractivity contribution is 6.31. The Morgan fingerprint density at radius 1 is 1.48 bits per heavy atom. The number of nitrogens with one attached hydrogen (secondary N) is 1. The van der Waals surface area contributed by atoms with Gasteiger partial charge in [-0.15, -0.1) is 0 Å². The second-order valence-electron chi connectivity index (χ2n) is 5.00. The van der Waals surface area contributed by atoms with Crippen LogP contribution >= 0.6 is 11.6 Å². The van der Waals surface area contributed by atoms with Crippen molar-refractivity contribution >= 4 is 29.2 Å². The molecule has 0 saturated heterocycles. The van der Waals surface area contributed by atoms with Crippen LogP contribution in [0.4, 0.5) is 0 Å². The van der Waals surface area contributed by atoms with E-state index >= 15 is 0 Å². The number of halogens is 1. The Hall–Kier alpha value is -1.85. The quantitative estimate of drug-likeness (QED) is 0.656. The predicted molar refractivity (Wildman–Crippen MR) is 85.4 cm³/mol. The molecule has 0 aliphatic rings. The smallest absolute Gasteiger partial charge is 0.244 e. The van der Waals surface area contributed by atoms with Crippen molar-refractivity contribution < 1.29 is 4.79 Å². The van der Waals surface area contributed by atoms with E-state index in [-0.39, 0.29) is 5.91 Å². The van der Waals surface area contributed by atoms with Crippen molar-refractivity contribution in [2.24, 2.45) is 0 Å². The van der Waals surface area contributed by atoms with Crippen LogP contribution in [0.3, 0.4) is 0 Å². The van der Waals surface area contributed by atoms with Gasteiger partial charge in [-0.25, -0.2) is 4.98 Å². The maximum absolute atomic E-state index is 11.7. The fourth-order valence-electron chi connectivity index (χ4n) is 1.96. The number of hydrogen-bond donors (Lipinski definition) is 1. The first kappa shape index (κ1) is 15.5. The number of carbonyl (C=O) groups is 1. The summed E-state index contributed by atoms with van der Waals surface area (Å²) in [5.74, 6) is -0.129. The number of fused-ring (bicyclic) bond motifs is 1. The Morgan fingerprint density at radius 3 is 3.05 bits per heavy atom. The normalized spacial score (nSPS) is 11.6. The van der Waals surface area contributed by atoms with Gasteiger partial charge in [-0.2, -0.15) is 0 Å². The molecule has 0 fully saturated rings. The first-order chi connectivity index (χ1) is 10.1. The summed E-state index contributed by atoms with van der Waals surface area (Å²) < 4.78 is 1.85. The van der Waals surface area contributed by atoms with Crippen molar-refractivity contribution in [3.8, 4) is 0 Å². The SMILES string of the molecule is CN(C)CCCNC(=O)/C=C/c1c(Cl)nc2ccccn12. The van der Waals surface area contributed by atoms with Gasteiger partial charge in [0.05, 0.1) is 5.69 Å². The zero-order chi connectivity index (χ0) is 15.2. The molecule has 0 radical (unpaired) electrons. The number of pyridine rings is 1. The molecule has 2 rings (SSSR count). The Labute approximate surface area is 129 Å². The number of nitrogens with zero attached hydrogens (tertiary/aromatic N) is 3. The zero-order valence-electron chi connectivity index (χ0n) is 12.2. The Kier molecular flexibility index (Phi) is 5.36. The van der Waals surface area contributed by atoms with Crippen LogP contribution < -0.4 is 5.32 Å². The molecule has 1 amide bonds. The molecule has 6 heteroatoms. The molecule has 0 bridgehead atoms. The highest BCUT2D eigenvalue weighted by Crippen LogP contribution is 2.18. The minimum absolute atomic E-state index is 0.129. The van der Waals surface area contributed by atoms with Crippen LogP contribution in [0.25, 0.3) is 11.7 Å². The Balaban J connectivity index is 1.96. The summed E-state index contributed by atoms with van der Waals surface area (Å²) in [5, 5.41) is 3.23. The van der Waals surface area contributed by atoms with Crippen molar-refractivity contribution in [2.75, 3.05) is 27.2 Å². The van der Waals surface area contributed by atoms with Crippen LogP contribution in [-0.4, -0.2) is 47.4 Å². The zero-order valence-corrected chi connectivity index (χ0v) is 13.0. The van der Waals surface area contributed by atoms with Crippen molar-refractivity contribution in [1.82, 2.24) is 19.6 Å². The summed E-state index contributed by atoms with van der Waals surface area (Å²) in [5.41, 5.74) is 1.46. The first-order valence-electron chi connectivity index (χ1n) is 6.81. The van der Waals surface area contributed by atoms with Crippen molar-refractivity contribution in [1.29, 1.82) is 0 Å². The van der Waals surface area contributed by atoms with E-state index in [4.69, 9.17) is 11.6 Å². The van der Waals surface area contributed by atoms with E-state index in [2.05, 4.69) is 15.2 Å². The Morgan fingerprint density at radius 2 is 2.29 bits per heavy atom. The van der Waals surface area contributed by atoms with E-state index in [1.807, 2.05) is 42.9 Å². The molecule has 2 heterocycles. The second kappa shape index (κ2) is 7.24. The third-order valence-corrected chi connectivity index (χ3v) is 3.27. The minimum Gasteiger partial charge on any atom is -0.353 e. The highest BCUT2D eigenvalue weighted by Gasteiger charge is 2.07. The summed E-state index contributed by atoms with van der Waals surface area (Å²) in [6.07, 6.45) is 5.95. The molecule has 0 atom stereocenters. The van der Waals surface area contributed by atoms with E-state index < -0.39 is 0 Å². The predicted octanol–water partition coefficient (Wildman–Crippen LogP) is 2.07. The van der Waals surface area contributed by atoms with Crippen LogP contribution in [0.5, 0.6) is 0 Å². The van der Waals surface area contributed by atoms with Gasteiger partial charge in [0.1, 0.15) is 5.65 Å². The van der Waals surface area contributed by atoms with Gasteiger partial charge < -0.3 is 10.2 Å². The molecular weight excluding hydrogens is 288 g/mol. The van der Waals surface area contributed by atoms with Gasteiger partial charge >= 0.3 is 0 Å². The number of aromatic nitrogens is 2. The monoisotopic (exact) mass is 306 g/mol. The van der Waals surface area contributed by atoms with Crippen LogP contribution in [0, 0.1) is 0 Å². The lowest BCUT2D eigenvalue weighted by Crippen LogP contribution is -2.25. The number of amides is 1. The largest absolute Gasteiger partial charge is 0.353 e. The molecular formula is C15H19ClN4O. The lowest BCUT2D eigenvalue weighted by Gasteiger charge is -2.08. The maximum Gasteiger partial charge on any atom is 0.244 e. The number of hydrogen-bond acceptors (Lipinski definition) is 3. The maximum atomic E-state index is 11.7. The number of carbonyl (C=O) groups excluding carboxylic acids is 1. The van der Waals surface area contributed by atoms with Crippen molar-refractivity contribution in [2.45, 2.75) is 6.42 Å².